The third-order valence-electron chi connectivity index (χ3n) is 2.75. The van der Waals surface area contributed by atoms with Gasteiger partial charge in [0.2, 0.25) is 0 Å². The smallest absolute Gasteiger partial charge is 0.128 e. The van der Waals surface area contributed by atoms with Crippen LogP contribution in [0.3, 0.4) is 0 Å². The average molecular weight is 238 g/mol. The third kappa shape index (κ3) is 3.61. The molecule has 1 aromatic carbocycles. The van der Waals surface area contributed by atoms with Crippen LogP contribution in [0.15, 0.2) is 12.1 Å². The van der Waals surface area contributed by atoms with Crippen molar-refractivity contribution < 1.29 is 9.47 Å². The summed E-state index contributed by atoms with van der Waals surface area (Å²) in [5, 5.41) is 3.27. The van der Waals surface area contributed by atoms with Crippen LogP contribution in [-0.2, 0) is 6.42 Å². The molecule has 0 unspecified atom stereocenters. The Morgan fingerprint density at radius 1 is 1.18 bits per heavy atom. The van der Waals surface area contributed by atoms with E-state index in [2.05, 4.69) is 11.4 Å². The van der Waals surface area contributed by atoms with Gasteiger partial charge in [-0.25, -0.2) is 0 Å². The molecule has 0 heterocycles. The van der Waals surface area contributed by atoms with Gasteiger partial charge in [0.05, 0.1) is 14.2 Å². The minimum absolute atomic E-state index is 0.665. The molecule has 4 nitrogen and oxygen atoms in total. The van der Waals surface area contributed by atoms with E-state index >= 15 is 0 Å². The Bertz CT molecular complexity index is 354. The maximum atomic E-state index is 5.44. The van der Waals surface area contributed by atoms with Crippen molar-refractivity contribution in [2.45, 2.75) is 13.3 Å². The van der Waals surface area contributed by atoms with Gasteiger partial charge in [0.25, 0.3) is 0 Å². The lowest BCUT2D eigenvalue weighted by Gasteiger charge is -2.14. The Hall–Kier alpha value is -1.26. The number of hydrogen-bond acceptors (Lipinski definition) is 4. The quantitative estimate of drug-likeness (QED) is 0.699. The largest absolute Gasteiger partial charge is 0.496 e. The molecule has 0 bridgehead atoms. The van der Waals surface area contributed by atoms with Crippen LogP contribution in [0.2, 0.25) is 0 Å². The Balaban J connectivity index is 2.74. The van der Waals surface area contributed by atoms with Gasteiger partial charge in [0.1, 0.15) is 11.5 Å². The lowest BCUT2D eigenvalue weighted by Crippen LogP contribution is -2.24. The number of ether oxygens (including phenoxy) is 2. The molecule has 1 aromatic rings. The first-order valence-electron chi connectivity index (χ1n) is 5.85. The van der Waals surface area contributed by atoms with Gasteiger partial charge in [-0.05, 0) is 31.5 Å². The van der Waals surface area contributed by atoms with E-state index in [0.29, 0.717) is 6.54 Å². The Labute approximate surface area is 103 Å². The Morgan fingerprint density at radius 3 is 2.53 bits per heavy atom. The number of benzene rings is 1. The van der Waals surface area contributed by atoms with Crippen molar-refractivity contribution in [3.63, 3.8) is 0 Å². The molecule has 0 amide bonds. The molecule has 3 N–H and O–H groups in total. The molecule has 0 aromatic heterocycles. The van der Waals surface area contributed by atoms with Crippen LogP contribution in [0.4, 0.5) is 0 Å². The summed E-state index contributed by atoms with van der Waals surface area (Å²) in [7, 11) is 3.36. The lowest BCUT2D eigenvalue weighted by atomic mass is 10.1. The van der Waals surface area contributed by atoms with E-state index in [1.54, 1.807) is 14.2 Å². The zero-order valence-electron chi connectivity index (χ0n) is 10.9. The fourth-order valence-electron chi connectivity index (χ4n) is 1.88. The van der Waals surface area contributed by atoms with E-state index in [0.717, 1.165) is 36.6 Å². The highest BCUT2D eigenvalue weighted by atomic mass is 16.5. The second-order valence-electron chi connectivity index (χ2n) is 3.87. The van der Waals surface area contributed by atoms with E-state index in [-0.39, 0.29) is 0 Å². The van der Waals surface area contributed by atoms with Crippen molar-refractivity contribution in [2.75, 3.05) is 33.9 Å². The highest BCUT2D eigenvalue weighted by Gasteiger charge is 2.10. The van der Waals surface area contributed by atoms with Gasteiger partial charge >= 0.3 is 0 Å². The van der Waals surface area contributed by atoms with Crippen LogP contribution in [-0.4, -0.2) is 33.9 Å². The maximum absolute atomic E-state index is 5.44. The first-order chi connectivity index (χ1) is 8.24. The van der Waals surface area contributed by atoms with Crippen molar-refractivity contribution in [3.05, 3.63) is 23.3 Å². The molecule has 0 radical (unpaired) electrons. The van der Waals surface area contributed by atoms with Crippen LogP contribution < -0.4 is 20.5 Å². The number of hydrogen-bond donors (Lipinski definition) is 2. The molecule has 17 heavy (non-hydrogen) atoms. The molecular weight excluding hydrogens is 216 g/mol. The van der Waals surface area contributed by atoms with Gasteiger partial charge in [-0.1, -0.05) is 6.07 Å². The van der Waals surface area contributed by atoms with Crippen LogP contribution in [0.1, 0.15) is 11.1 Å². The normalized spacial score (nSPS) is 10.4. The highest BCUT2D eigenvalue weighted by Crippen LogP contribution is 2.31. The molecule has 0 saturated heterocycles. The standard InChI is InChI=1S/C13H22N2O2/c1-10-12(16-2)5-4-11(13(10)17-3)6-8-15-9-7-14/h4-5,15H,6-9,14H2,1-3H3. The van der Waals surface area contributed by atoms with Gasteiger partial charge in [-0.2, -0.15) is 0 Å². The zero-order valence-corrected chi connectivity index (χ0v) is 10.9. The molecule has 1 rings (SSSR count). The molecule has 0 aliphatic rings. The van der Waals surface area contributed by atoms with E-state index < -0.39 is 0 Å². The minimum atomic E-state index is 0.665. The SMILES string of the molecule is COc1ccc(CCNCCN)c(OC)c1C. The molecule has 0 saturated carbocycles. The summed E-state index contributed by atoms with van der Waals surface area (Å²) < 4.78 is 10.7. The molecule has 0 atom stereocenters. The first-order valence-corrected chi connectivity index (χ1v) is 5.85. The molecular formula is C13H22N2O2. The molecule has 96 valence electrons. The number of nitrogens with one attached hydrogen (secondary N) is 1. The van der Waals surface area contributed by atoms with Gasteiger partial charge in [0, 0.05) is 18.7 Å². The summed E-state index contributed by atoms with van der Waals surface area (Å²) >= 11 is 0. The van der Waals surface area contributed by atoms with Gasteiger partial charge < -0.3 is 20.5 Å². The zero-order chi connectivity index (χ0) is 12.7. The highest BCUT2D eigenvalue weighted by molar-refractivity contribution is 5.49. The third-order valence-corrected chi connectivity index (χ3v) is 2.75. The molecule has 0 spiro atoms. The van der Waals surface area contributed by atoms with Crippen LogP contribution >= 0.6 is 0 Å². The van der Waals surface area contributed by atoms with Crippen LogP contribution in [0.25, 0.3) is 0 Å². The Kier molecular flexibility index (Phi) is 5.80. The summed E-state index contributed by atoms with van der Waals surface area (Å²) in [4.78, 5) is 0. The fraction of sp³-hybridized carbons (Fsp3) is 0.538. The topological polar surface area (TPSA) is 56.5 Å². The first kappa shape index (κ1) is 13.8. The van der Waals surface area contributed by atoms with Gasteiger partial charge in [-0.3, -0.25) is 0 Å². The summed E-state index contributed by atoms with van der Waals surface area (Å²) in [5.41, 5.74) is 7.66. The van der Waals surface area contributed by atoms with E-state index in [4.69, 9.17) is 15.2 Å². The van der Waals surface area contributed by atoms with E-state index in [1.807, 2.05) is 13.0 Å². The average Bonchev–Trinajstić information content (AvgIpc) is 2.35. The predicted molar refractivity (Wildman–Crippen MR) is 69.9 cm³/mol. The number of rotatable bonds is 7. The lowest BCUT2D eigenvalue weighted by molar-refractivity contribution is 0.385. The summed E-state index contributed by atoms with van der Waals surface area (Å²) in [6.07, 6.45) is 0.925. The van der Waals surface area contributed by atoms with E-state index in [1.165, 1.54) is 5.56 Å². The van der Waals surface area contributed by atoms with Crippen molar-refractivity contribution in [1.29, 1.82) is 0 Å². The second kappa shape index (κ2) is 7.14. The predicted octanol–water partition coefficient (Wildman–Crippen LogP) is 1.10. The second-order valence-corrected chi connectivity index (χ2v) is 3.87. The molecule has 0 aliphatic carbocycles. The minimum Gasteiger partial charge on any atom is -0.496 e. The molecule has 4 heteroatoms. The number of methoxy groups -OCH3 is 2. The van der Waals surface area contributed by atoms with Crippen molar-refractivity contribution in [2.24, 2.45) is 5.73 Å². The fourth-order valence-corrected chi connectivity index (χ4v) is 1.88. The summed E-state index contributed by atoms with van der Waals surface area (Å²) in [6, 6.07) is 4.03. The van der Waals surface area contributed by atoms with Crippen molar-refractivity contribution >= 4 is 0 Å². The Morgan fingerprint density at radius 2 is 1.94 bits per heavy atom. The molecule has 0 aliphatic heterocycles. The monoisotopic (exact) mass is 238 g/mol. The van der Waals surface area contributed by atoms with Crippen LogP contribution in [0.5, 0.6) is 11.5 Å². The van der Waals surface area contributed by atoms with Crippen LogP contribution in [0, 0.1) is 6.92 Å². The molecule has 0 fully saturated rings. The number of nitrogens with two attached hydrogens (primary N) is 1. The van der Waals surface area contributed by atoms with Crippen molar-refractivity contribution in [1.82, 2.24) is 5.32 Å². The van der Waals surface area contributed by atoms with E-state index in [9.17, 15) is 0 Å². The maximum Gasteiger partial charge on any atom is 0.128 e. The van der Waals surface area contributed by atoms with Crippen molar-refractivity contribution in [3.8, 4) is 11.5 Å². The van der Waals surface area contributed by atoms with Gasteiger partial charge in [-0.15, -0.1) is 0 Å². The summed E-state index contributed by atoms with van der Waals surface area (Å²) in [5.74, 6) is 1.78. The van der Waals surface area contributed by atoms with Gasteiger partial charge in [0.15, 0.2) is 0 Å². The summed E-state index contributed by atoms with van der Waals surface area (Å²) in [6.45, 7) is 4.42.